The number of esters is 2. The molecule has 0 heterocycles. The lowest BCUT2D eigenvalue weighted by atomic mass is 10.1. The van der Waals surface area contributed by atoms with Crippen LogP contribution in [0.4, 0.5) is 0 Å². The van der Waals surface area contributed by atoms with Crippen molar-refractivity contribution in [2.75, 3.05) is 6.61 Å². The first-order valence-electron chi connectivity index (χ1n) is 9.95. The molecule has 142 valence electrons. The van der Waals surface area contributed by atoms with Gasteiger partial charge in [-0.3, -0.25) is 9.59 Å². The molecular formula is C20H38O4. The summed E-state index contributed by atoms with van der Waals surface area (Å²) in [5.41, 5.74) is 0. The predicted molar refractivity (Wildman–Crippen MR) is 97.9 cm³/mol. The third-order valence-corrected chi connectivity index (χ3v) is 4.07. The van der Waals surface area contributed by atoms with Crippen LogP contribution in [-0.2, 0) is 19.1 Å². The maximum atomic E-state index is 11.7. The minimum absolute atomic E-state index is 0.0478. The Balaban J connectivity index is 3.46. The lowest BCUT2D eigenvalue weighted by Gasteiger charge is -2.13. The van der Waals surface area contributed by atoms with Gasteiger partial charge in [-0.2, -0.15) is 0 Å². The molecule has 1 atom stereocenters. The van der Waals surface area contributed by atoms with E-state index in [4.69, 9.17) is 9.47 Å². The van der Waals surface area contributed by atoms with Gasteiger partial charge in [-0.1, -0.05) is 52.4 Å². The van der Waals surface area contributed by atoms with Crippen molar-refractivity contribution in [2.45, 2.75) is 110 Å². The maximum Gasteiger partial charge on any atom is 0.306 e. The van der Waals surface area contributed by atoms with Crippen molar-refractivity contribution in [1.29, 1.82) is 0 Å². The molecule has 0 fully saturated rings. The zero-order valence-corrected chi connectivity index (χ0v) is 16.1. The quantitative estimate of drug-likeness (QED) is 0.272. The number of hydrogen-bond acceptors (Lipinski definition) is 4. The fraction of sp³-hybridized carbons (Fsp3) is 0.900. The fourth-order valence-electron chi connectivity index (χ4n) is 2.53. The lowest BCUT2D eigenvalue weighted by Crippen LogP contribution is -2.15. The molecule has 0 aliphatic heterocycles. The van der Waals surface area contributed by atoms with Crippen LogP contribution in [0.15, 0.2) is 0 Å². The number of carbonyl (C=O) groups excluding carboxylic acids is 2. The topological polar surface area (TPSA) is 52.6 Å². The Hall–Kier alpha value is -1.06. The molecule has 4 nitrogen and oxygen atoms in total. The monoisotopic (exact) mass is 342 g/mol. The molecule has 0 saturated carbocycles. The molecule has 0 radical (unpaired) electrons. The molecule has 0 amide bonds. The smallest absolute Gasteiger partial charge is 0.306 e. The average Bonchev–Trinajstić information content (AvgIpc) is 2.55. The van der Waals surface area contributed by atoms with Crippen LogP contribution in [0.1, 0.15) is 104 Å². The zero-order chi connectivity index (χ0) is 18.0. The molecule has 1 unspecified atom stereocenters. The fourth-order valence-corrected chi connectivity index (χ4v) is 2.53. The Morgan fingerprint density at radius 3 is 1.92 bits per heavy atom. The first-order valence-corrected chi connectivity index (χ1v) is 9.95. The van der Waals surface area contributed by atoms with Gasteiger partial charge in [0.25, 0.3) is 0 Å². The Labute approximate surface area is 148 Å². The highest BCUT2D eigenvalue weighted by Gasteiger charge is 2.09. The summed E-state index contributed by atoms with van der Waals surface area (Å²) in [7, 11) is 0. The van der Waals surface area contributed by atoms with Crippen LogP contribution in [0.3, 0.4) is 0 Å². The van der Waals surface area contributed by atoms with Crippen molar-refractivity contribution >= 4 is 11.9 Å². The summed E-state index contributed by atoms with van der Waals surface area (Å²) in [6.07, 6.45) is 12.4. The first kappa shape index (κ1) is 22.9. The van der Waals surface area contributed by atoms with E-state index < -0.39 is 0 Å². The Kier molecular flexibility index (Phi) is 16.0. The molecule has 0 aromatic carbocycles. The summed E-state index contributed by atoms with van der Waals surface area (Å²) in [4.78, 5) is 23.2. The minimum atomic E-state index is -0.0860. The highest BCUT2D eigenvalue weighted by Crippen LogP contribution is 2.09. The Morgan fingerprint density at radius 2 is 1.33 bits per heavy atom. The van der Waals surface area contributed by atoms with Gasteiger partial charge < -0.3 is 9.47 Å². The van der Waals surface area contributed by atoms with Gasteiger partial charge in [0, 0.05) is 12.8 Å². The van der Waals surface area contributed by atoms with Crippen LogP contribution in [-0.4, -0.2) is 24.6 Å². The van der Waals surface area contributed by atoms with Crippen LogP contribution < -0.4 is 0 Å². The molecule has 24 heavy (non-hydrogen) atoms. The van der Waals surface area contributed by atoms with E-state index in [0.717, 1.165) is 44.9 Å². The first-order chi connectivity index (χ1) is 11.6. The normalized spacial score (nSPS) is 12.0. The predicted octanol–water partition coefficient (Wildman–Crippen LogP) is 5.57. The highest BCUT2D eigenvalue weighted by molar-refractivity contribution is 5.69. The van der Waals surface area contributed by atoms with Crippen LogP contribution in [0.2, 0.25) is 0 Å². The summed E-state index contributed by atoms with van der Waals surface area (Å²) in [6, 6.07) is 0. The van der Waals surface area contributed by atoms with E-state index in [-0.39, 0.29) is 18.0 Å². The van der Waals surface area contributed by atoms with Crippen molar-refractivity contribution in [3.63, 3.8) is 0 Å². The Morgan fingerprint density at radius 1 is 0.750 bits per heavy atom. The van der Waals surface area contributed by atoms with E-state index >= 15 is 0 Å². The van der Waals surface area contributed by atoms with Gasteiger partial charge in [0.05, 0.1) is 12.7 Å². The van der Waals surface area contributed by atoms with Gasteiger partial charge in [0.15, 0.2) is 0 Å². The molecule has 4 heteroatoms. The van der Waals surface area contributed by atoms with Crippen LogP contribution in [0.5, 0.6) is 0 Å². The van der Waals surface area contributed by atoms with E-state index in [1.165, 1.54) is 25.7 Å². The van der Waals surface area contributed by atoms with E-state index in [2.05, 4.69) is 13.8 Å². The summed E-state index contributed by atoms with van der Waals surface area (Å²) < 4.78 is 10.6. The highest BCUT2D eigenvalue weighted by atomic mass is 16.5. The van der Waals surface area contributed by atoms with Gasteiger partial charge >= 0.3 is 11.9 Å². The second-order valence-corrected chi connectivity index (χ2v) is 6.64. The van der Waals surface area contributed by atoms with Crippen molar-refractivity contribution in [1.82, 2.24) is 0 Å². The summed E-state index contributed by atoms with van der Waals surface area (Å²) in [6.45, 7) is 6.72. The molecule has 0 aromatic rings. The zero-order valence-electron chi connectivity index (χ0n) is 16.1. The SMILES string of the molecule is CCCCCCC(=O)OCCCCC(C)OC(=O)CCCCCC. The number of unbranched alkanes of at least 4 members (excludes halogenated alkanes) is 7. The third kappa shape index (κ3) is 15.8. The van der Waals surface area contributed by atoms with Crippen molar-refractivity contribution < 1.29 is 19.1 Å². The van der Waals surface area contributed by atoms with Crippen molar-refractivity contribution in [2.24, 2.45) is 0 Å². The molecule has 0 aliphatic rings. The van der Waals surface area contributed by atoms with Crippen LogP contribution in [0, 0.1) is 0 Å². The van der Waals surface area contributed by atoms with E-state index in [1.54, 1.807) is 0 Å². The molecule has 0 aliphatic carbocycles. The average molecular weight is 343 g/mol. The van der Waals surface area contributed by atoms with Crippen LogP contribution >= 0.6 is 0 Å². The van der Waals surface area contributed by atoms with E-state index in [1.807, 2.05) is 6.92 Å². The van der Waals surface area contributed by atoms with Gasteiger partial charge in [0.2, 0.25) is 0 Å². The molecule has 0 spiro atoms. The minimum Gasteiger partial charge on any atom is -0.466 e. The lowest BCUT2D eigenvalue weighted by molar-refractivity contribution is -0.148. The van der Waals surface area contributed by atoms with E-state index in [9.17, 15) is 9.59 Å². The summed E-state index contributed by atoms with van der Waals surface area (Å²) >= 11 is 0. The van der Waals surface area contributed by atoms with Crippen molar-refractivity contribution in [3.8, 4) is 0 Å². The number of rotatable bonds is 16. The molecule has 0 N–H and O–H groups in total. The van der Waals surface area contributed by atoms with Gasteiger partial charge in [-0.25, -0.2) is 0 Å². The van der Waals surface area contributed by atoms with Crippen LogP contribution in [0.25, 0.3) is 0 Å². The number of ether oxygens (including phenoxy) is 2. The van der Waals surface area contributed by atoms with Gasteiger partial charge in [-0.15, -0.1) is 0 Å². The third-order valence-electron chi connectivity index (χ3n) is 4.07. The number of hydrogen-bond donors (Lipinski definition) is 0. The Bertz CT molecular complexity index is 315. The second-order valence-electron chi connectivity index (χ2n) is 6.64. The maximum absolute atomic E-state index is 11.7. The van der Waals surface area contributed by atoms with Gasteiger partial charge in [0.1, 0.15) is 0 Å². The van der Waals surface area contributed by atoms with Gasteiger partial charge in [-0.05, 0) is 39.0 Å². The standard InChI is InChI=1S/C20H38O4/c1-4-6-8-10-15-19(21)23-17-13-12-14-18(3)24-20(22)16-11-9-7-5-2/h18H,4-17H2,1-3H3. The molecule has 0 aromatic heterocycles. The largest absolute Gasteiger partial charge is 0.466 e. The molecule has 0 rings (SSSR count). The summed E-state index contributed by atoms with van der Waals surface area (Å²) in [5, 5.41) is 0. The number of carbonyl (C=O) groups is 2. The van der Waals surface area contributed by atoms with Crippen molar-refractivity contribution in [3.05, 3.63) is 0 Å². The molecule has 0 saturated heterocycles. The van der Waals surface area contributed by atoms with E-state index in [0.29, 0.717) is 19.4 Å². The summed E-state index contributed by atoms with van der Waals surface area (Å²) in [5.74, 6) is -0.172. The molecule has 0 bridgehead atoms. The molecular weight excluding hydrogens is 304 g/mol. The second kappa shape index (κ2) is 16.8.